The lowest BCUT2D eigenvalue weighted by molar-refractivity contribution is 0.230. The lowest BCUT2D eigenvalue weighted by Gasteiger charge is -2.16. The summed E-state index contributed by atoms with van der Waals surface area (Å²) >= 11 is 0. The van der Waals surface area contributed by atoms with E-state index in [0.29, 0.717) is 12.3 Å². The maximum absolute atomic E-state index is 12.9. The van der Waals surface area contributed by atoms with E-state index >= 15 is 0 Å². The molecule has 2 N–H and O–H groups in total. The Morgan fingerprint density at radius 1 is 1.19 bits per heavy atom. The molecule has 1 saturated heterocycles. The number of nitrogens with zero attached hydrogens (tertiary/aromatic N) is 2. The summed E-state index contributed by atoms with van der Waals surface area (Å²) in [5.41, 5.74) is 0. The van der Waals surface area contributed by atoms with Crippen LogP contribution in [0, 0.1) is 5.82 Å². The zero-order valence-corrected chi connectivity index (χ0v) is 18.9. The van der Waals surface area contributed by atoms with E-state index in [4.69, 9.17) is 4.74 Å². The van der Waals surface area contributed by atoms with Gasteiger partial charge in [0.2, 0.25) is 0 Å². The van der Waals surface area contributed by atoms with Crippen LogP contribution >= 0.6 is 24.0 Å². The van der Waals surface area contributed by atoms with E-state index in [-0.39, 0.29) is 35.9 Å². The van der Waals surface area contributed by atoms with E-state index < -0.39 is 0 Å². The first-order valence-electron chi connectivity index (χ1n) is 9.84. The molecule has 1 fully saturated rings. The lowest BCUT2D eigenvalue weighted by Crippen LogP contribution is -2.38. The fourth-order valence-corrected chi connectivity index (χ4v) is 3.02. The minimum Gasteiger partial charge on any atom is -0.489 e. The van der Waals surface area contributed by atoms with Gasteiger partial charge in [-0.2, -0.15) is 0 Å². The van der Waals surface area contributed by atoms with E-state index in [1.165, 1.54) is 51.0 Å². The standard InChI is InChI=1S/C20H33FN4O.HI/c1-3-22-20(23-12-4-5-13-25-14-6-7-15-25)24-16-17(2)26-19-10-8-18(21)9-11-19;/h8-11,17H,3-7,12-16H2,1-2H3,(H2,22,23,24);1H. The summed E-state index contributed by atoms with van der Waals surface area (Å²) in [6.45, 7) is 10.1. The summed E-state index contributed by atoms with van der Waals surface area (Å²) in [6, 6.07) is 6.08. The second kappa shape index (κ2) is 14.0. The summed E-state index contributed by atoms with van der Waals surface area (Å²) in [6.07, 6.45) is 4.99. The van der Waals surface area contributed by atoms with E-state index in [1.54, 1.807) is 12.1 Å². The van der Waals surface area contributed by atoms with Crippen molar-refractivity contribution in [3.05, 3.63) is 30.1 Å². The van der Waals surface area contributed by atoms with Gasteiger partial charge in [-0.1, -0.05) is 0 Å². The molecule has 1 aliphatic heterocycles. The van der Waals surface area contributed by atoms with Crippen molar-refractivity contribution in [3.63, 3.8) is 0 Å². The van der Waals surface area contributed by atoms with E-state index in [2.05, 4.69) is 27.4 Å². The zero-order valence-electron chi connectivity index (χ0n) is 16.5. The number of rotatable bonds is 10. The Balaban J connectivity index is 0.00000364. The lowest BCUT2D eigenvalue weighted by atomic mass is 10.3. The Morgan fingerprint density at radius 3 is 2.56 bits per heavy atom. The number of hydrogen-bond donors (Lipinski definition) is 2. The van der Waals surface area contributed by atoms with Gasteiger partial charge in [-0.3, -0.25) is 0 Å². The first-order valence-corrected chi connectivity index (χ1v) is 9.84. The van der Waals surface area contributed by atoms with Crippen molar-refractivity contribution in [1.82, 2.24) is 15.5 Å². The third kappa shape index (κ3) is 10.1. The van der Waals surface area contributed by atoms with Crippen LogP contribution in [0.2, 0.25) is 0 Å². The quantitative estimate of drug-likeness (QED) is 0.227. The second-order valence-electron chi connectivity index (χ2n) is 6.78. The molecule has 7 heteroatoms. The molecule has 2 rings (SSSR count). The Kier molecular flexibility index (Phi) is 12.4. The largest absolute Gasteiger partial charge is 0.489 e. The fraction of sp³-hybridized carbons (Fsp3) is 0.650. The number of benzene rings is 1. The first-order chi connectivity index (χ1) is 12.7. The Labute approximate surface area is 180 Å². The summed E-state index contributed by atoms with van der Waals surface area (Å²) in [5, 5.41) is 6.65. The van der Waals surface area contributed by atoms with Crippen molar-refractivity contribution >= 4 is 29.9 Å². The third-order valence-corrected chi connectivity index (χ3v) is 4.39. The van der Waals surface area contributed by atoms with Gasteiger partial charge in [-0.25, -0.2) is 9.38 Å². The summed E-state index contributed by atoms with van der Waals surface area (Å²) in [7, 11) is 0. The number of ether oxygens (including phenoxy) is 1. The van der Waals surface area contributed by atoms with Gasteiger partial charge in [0, 0.05) is 13.1 Å². The predicted octanol–water partition coefficient (Wildman–Crippen LogP) is 3.64. The minimum absolute atomic E-state index is 0. The van der Waals surface area contributed by atoms with Gasteiger partial charge >= 0.3 is 0 Å². The highest BCUT2D eigenvalue weighted by Gasteiger charge is 2.10. The molecular formula is C20H34FIN4O. The second-order valence-corrected chi connectivity index (χ2v) is 6.78. The van der Waals surface area contributed by atoms with Crippen LogP contribution in [0.25, 0.3) is 0 Å². The summed E-state index contributed by atoms with van der Waals surface area (Å²) in [5.74, 6) is 1.23. The molecule has 0 saturated carbocycles. The van der Waals surface area contributed by atoms with Crippen LogP contribution in [0.15, 0.2) is 29.3 Å². The van der Waals surface area contributed by atoms with Crippen LogP contribution in [-0.2, 0) is 0 Å². The molecule has 0 spiro atoms. The highest BCUT2D eigenvalue weighted by molar-refractivity contribution is 14.0. The van der Waals surface area contributed by atoms with E-state index in [9.17, 15) is 4.39 Å². The Bertz CT molecular complexity index is 535. The third-order valence-electron chi connectivity index (χ3n) is 4.39. The van der Waals surface area contributed by atoms with Crippen LogP contribution in [-0.4, -0.2) is 56.2 Å². The van der Waals surface area contributed by atoms with Crippen molar-refractivity contribution in [2.24, 2.45) is 4.99 Å². The monoisotopic (exact) mass is 492 g/mol. The Hall–Kier alpha value is -1.09. The van der Waals surface area contributed by atoms with Crippen LogP contribution in [0.4, 0.5) is 4.39 Å². The van der Waals surface area contributed by atoms with Crippen molar-refractivity contribution < 1.29 is 9.13 Å². The average Bonchev–Trinajstić information content (AvgIpc) is 3.15. The molecule has 154 valence electrons. The van der Waals surface area contributed by atoms with Gasteiger partial charge in [-0.15, -0.1) is 24.0 Å². The molecule has 1 aliphatic rings. The topological polar surface area (TPSA) is 48.9 Å². The molecule has 1 atom stereocenters. The fourth-order valence-electron chi connectivity index (χ4n) is 3.02. The van der Waals surface area contributed by atoms with Crippen molar-refractivity contribution in [2.75, 3.05) is 39.3 Å². The van der Waals surface area contributed by atoms with Gasteiger partial charge in [0.15, 0.2) is 5.96 Å². The molecule has 1 heterocycles. The van der Waals surface area contributed by atoms with Gasteiger partial charge < -0.3 is 20.3 Å². The molecule has 1 unspecified atom stereocenters. The van der Waals surface area contributed by atoms with Crippen molar-refractivity contribution in [1.29, 1.82) is 0 Å². The minimum atomic E-state index is -0.258. The van der Waals surface area contributed by atoms with Crippen LogP contribution < -0.4 is 15.4 Å². The van der Waals surface area contributed by atoms with Gasteiger partial charge in [0.05, 0.1) is 6.54 Å². The van der Waals surface area contributed by atoms with Gasteiger partial charge in [0.25, 0.3) is 0 Å². The number of aliphatic imine (C=N–C) groups is 1. The van der Waals surface area contributed by atoms with Crippen LogP contribution in [0.5, 0.6) is 5.75 Å². The van der Waals surface area contributed by atoms with Crippen molar-refractivity contribution in [3.8, 4) is 5.75 Å². The van der Waals surface area contributed by atoms with Crippen molar-refractivity contribution in [2.45, 2.75) is 45.6 Å². The molecule has 0 aliphatic carbocycles. The van der Waals surface area contributed by atoms with Gasteiger partial charge in [-0.05, 0) is 83.4 Å². The first kappa shape index (κ1) is 23.9. The number of hydrogen-bond acceptors (Lipinski definition) is 3. The Morgan fingerprint density at radius 2 is 1.89 bits per heavy atom. The molecule has 0 amide bonds. The molecule has 0 radical (unpaired) electrons. The molecule has 27 heavy (non-hydrogen) atoms. The predicted molar refractivity (Wildman–Crippen MR) is 121 cm³/mol. The smallest absolute Gasteiger partial charge is 0.191 e. The molecule has 1 aromatic rings. The maximum atomic E-state index is 12.9. The molecular weight excluding hydrogens is 458 g/mol. The summed E-state index contributed by atoms with van der Waals surface area (Å²) < 4.78 is 18.7. The molecule has 5 nitrogen and oxygen atoms in total. The molecule has 1 aromatic carbocycles. The number of nitrogens with one attached hydrogen (secondary N) is 2. The van der Waals surface area contributed by atoms with Crippen LogP contribution in [0.1, 0.15) is 39.5 Å². The number of unbranched alkanes of at least 4 members (excludes halogenated alkanes) is 1. The van der Waals surface area contributed by atoms with Gasteiger partial charge in [0.1, 0.15) is 17.7 Å². The molecule has 0 aromatic heterocycles. The number of halogens is 2. The van der Waals surface area contributed by atoms with Crippen LogP contribution in [0.3, 0.4) is 0 Å². The highest BCUT2D eigenvalue weighted by atomic mass is 127. The number of likely N-dealkylation sites (tertiary alicyclic amines) is 1. The average molecular weight is 492 g/mol. The van der Waals surface area contributed by atoms with E-state index in [0.717, 1.165) is 25.5 Å². The summed E-state index contributed by atoms with van der Waals surface area (Å²) in [4.78, 5) is 7.14. The normalized spacial score (nSPS) is 15.9. The zero-order chi connectivity index (χ0) is 18.6. The number of guanidine groups is 1. The maximum Gasteiger partial charge on any atom is 0.191 e. The molecule has 0 bridgehead atoms. The SMILES string of the molecule is CCNC(=NCC(C)Oc1ccc(F)cc1)NCCCCN1CCCC1.I. The highest BCUT2D eigenvalue weighted by Crippen LogP contribution is 2.13. The van der Waals surface area contributed by atoms with E-state index in [1.807, 2.05) is 6.92 Å².